The fraction of sp³-hybridized carbons (Fsp3) is 0.100. The average Bonchev–Trinajstić information content (AvgIpc) is 2.55. The van der Waals surface area contributed by atoms with Crippen molar-refractivity contribution in [2.75, 3.05) is 0 Å². The second-order valence-corrected chi connectivity index (χ2v) is 3.20. The van der Waals surface area contributed by atoms with Gasteiger partial charge in [-0.05, 0) is 18.2 Å². The molecular weight excluding hydrogens is 239 g/mol. The van der Waals surface area contributed by atoms with Gasteiger partial charge in [0.1, 0.15) is 5.82 Å². The van der Waals surface area contributed by atoms with E-state index in [2.05, 4.69) is 4.84 Å². The number of carboxylic acid groups (broad SMARTS) is 1. The van der Waals surface area contributed by atoms with Gasteiger partial charge in [0, 0.05) is 5.39 Å². The van der Waals surface area contributed by atoms with E-state index >= 15 is 0 Å². The third kappa shape index (κ3) is 2.03. The minimum Gasteiger partial charge on any atom is -0.478 e. The van der Waals surface area contributed by atoms with Gasteiger partial charge < -0.3 is 9.94 Å². The lowest BCUT2D eigenvalue weighted by Crippen LogP contribution is -2.15. The molecule has 2 rings (SSSR count). The molecule has 0 aliphatic rings. The minimum absolute atomic E-state index is 0.00171. The molecule has 0 aliphatic carbocycles. The van der Waals surface area contributed by atoms with E-state index in [1.54, 1.807) is 0 Å². The van der Waals surface area contributed by atoms with Crippen LogP contribution >= 0.6 is 0 Å². The Morgan fingerprint density at radius 3 is 2.71 bits per heavy atom. The number of aromatic nitrogens is 1. The van der Waals surface area contributed by atoms with E-state index in [1.807, 2.05) is 0 Å². The molecule has 0 bridgehead atoms. The van der Waals surface area contributed by atoms with Crippen LogP contribution in [0, 0.1) is 5.82 Å². The highest BCUT2D eigenvalue weighted by Crippen LogP contribution is 2.22. The second kappa shape index (κ2) is 4.00. The summed E-state index contributed by atoms with van der Waals surface area (Å²) in [5.41, 5.74) is -0.246. The molecule has 17 heavy (non-hydrogen) atoms. The van der Waals surface area contributed by atoms with Crippen molar-refractivity contribution in [1.82, 2.24) is 4.73 Å². The zero-order valence-corrected chi connectivity index (χ0v) is 8.23. The molecule has 1 heterocycles. The summed E-state index contributed by atoms with van der Waals surface area (Å²) >= 11 is 0. The van der Waals surface area contributed by atoms with E-state index in [-0.39, 0.29) is 16.5 Å². The number of alkyl halides is 2. The van der Waals surface area contributed by atoms with E-state index in [0.717, 1.165) is 18.3 Å². The summed E-state index contributed by atoms with van der Waals surface area (Å²) in [4.78, 5) is 14.9. The molecule has 2 aromatic rings. The van der Waals surface area contributed by atoms with Gasteiger partial charge in [0.2, 0.25) is 0 Å². The fourth-order valence-corrected chi connectivity index (χ4v) is 1.52. The van der Waals surface area contributed by atoms with Crippen LogP contribution < -0.4 is 4.84 Å². The largest absolute Gasteiger partial charge is 0.478 e. The van der Waals surface area contributed by atoms with Gasteiger partial charge in [0.05, 0.1) is 17.3 Å². The Balaban J connectivity index is 2.66. The van der Waals surface area contributed by atoms with Gasteiger partial charge in [-0.25, -0.2) is 9.18 Å². The summed E-state index contributed by atoms with van der Waals surface area (Å²) in [6, 6.07) is 3.14. The van der Waals surface area contributed by atoms with Crippen molar-refractivity contribution in [2.45, 2.75) is 6.61 Å². The molecule has 0 aliphatic heterocycles. The van der Waals surface area contributed by atoms with E-state index in [1.165, 1.54) is 6.07 Å². The summed E-state index contributed by atoms with van der Waals surface area (Å²) in [7, 11) is 0. The lowest BCUT2D eigenvalue weighted by Gasteiger charge is -2.05. The van der Waals surface area contributed by atoms with E-state index < -0.39 is 18.4 Å². The van der Waals surface area contributed by atoms with Gasteiger partial charge >= 0.3 is 12.6 Å². The Morgan fingerprint density at radius 1 is 1.41 bits per heavy atom. The Morgan fingerprint density at radius 2 is 2.12 bits per heavy atom. The molecule has 0 radical (unpaired) electrons. The summed E-state index contributed by atoms with van der Waals surface area (Å²) in [6.07, 6.45) is 0.874. The van der Waals surface area contributed by atoms with Crippen molar-refractivity contribution >= 4 is 16.9 Å². The highest BCUT2D eigenvalue weighted by molar-refractivity contribution is 6.03. The smallest absolute Gasteiger partial charge is 0.405 e. The Hall–Kier alpha value is -2.18. The number of benzene rings is 1. The number of nitrogens with zero attached hydrogens (tertiary/aromatic N) is 1. The summed E-state index contributed by atoms with van der Waals surface area (Å²) < 4.78 is 37.7. The van der Waals surface area contributed by atoms with Gasteiger partial charge in [-0.2, -0.15) is 13.5 Å². The predicted molar refractivity (Wildman–Crippen MR) is 51.4 cm³/mol. The van der Waals surface area contributed by atoms with Crippen LogP contribution in [0.1, 0.15) is 10.4 Å². The zero-order chi connectivity index (χ0) is 12.6. The van der Waals surface area contributed by atoms with Gasteiger partial charge in [-0.3, -0.25) is 0 Å². The van der Waals surface area contributed by atoms with Crippen LogP contribution in [0.25, 0.3) is 10.9 Å². The normalized spacial score (nSPS) is 11.1. The molecule has 1 aromatic heterocycles. The van der Waals surface area contributed by atoms with Crippen LogP contribution in [0.15, 0.2) is 24.4 Å². The van der Waals surface area contributed by atoms with Crippen molar-refractivity contribution in [3.8, 4) is 0 Å². The monoisotopic (exact) mass is 245 g/mol. The lowest BCUT2D eigenvalue weighted by atomic mass is 10.2. The maximum absolute atomic E-state index is 13.0. The number of fused-ring (bicyclic) bond motifs is 1. The lowest BCUT2D eigenvalue weighted by molar-refractivity contribution is -0.128. The molecule has 7 heteroatoms. The first-order chi connectivity index (χ1) is 7.99. The summed E-state index contributed by atoms with van der Waals surface area (Å²) in [5, 5.41) is 8.84. The van der Waals surface area contributed by atoms with Crippen molar-refractivity contribution < 1.29 is 27.9 Å². The van der Waals surface area contributed by atoms with Crippen molar-refractivity contribution in [2.24, 2.45) is 0 Å². The van der Waals surface area contributed by atoms with Gasteiger partial charge in [-0.15, -0.1) is 0 Å². The van der Waals surface area contributed by atoms with E-state index in [4.69, 9.17) is 5.11 Å². The quantitative estimate of drug-likeness (QED) is 0.901. The number of aromatic carboxylic acids is 1. The van der Waals surface area contributed by atoms with Crippen LogP contribution in [0.2, 0.25) is 0 Å². The number of carboxylic acids is 1. The molecule has 0 spiro atoms. The third-order valence-electron chi connectivity index (χ3n) is 2.16. The molecule has 0 atom stereocenters. The minimum atomic E-state index is -3.10. The van der Waals surface area contributed by atoms with Crippen LogP contribution in [-0.4, -0.2) is 22.4 Å². The number of hydrogen-bond donors (Lipinski definition) is 1. The molecule has 0 saturated heterocycles. The molecule has 4 nitrogen and oxygen atoms in total. The highest BCUT2D eigenvalue weighted by atomic mass is 19.3. The summed E-state index contributed by atoms with van der Waals surface area (Å²) in [5.74, 6) is -2.01. The van der Waals surface area contributed by atoms with E-state index in [9.17, 15) is 18.0 Å². The molecule has 0 amide bonds. The Bertz CT molecular complexity index is 579. The maximum atomic E-state index is 13.0. The SMILES string of the molecule is O=C(O)c1cn(OC(F)F)c2ccc(F)cc12. The number of hydrogen-bond acceptors (Lipinski definition) is 2. The second-order valence-electron chi connectivity index (χ2n) is 3.20. The van der Waals surface area contributed by atoms with E-state index in [0.29, 0.717) is 4.73 Å². The zero-order valence-electron chi connectivity index (χ0n) is 8.23. The van der Waals surface area contributed by atoms with Crippen LogP contribution in [0.5, 0.6) is 0 Å². The number of carbonyl (C=O) groups is 1. The predicted octanol–water partition coefficient (Wildman–Crippen LogP) is 2.13. The highest BCUT2D eigenvalue weighted by Gasteiger charge is 2.17. The Kier molecular flexibility index (Phi) is 2.66. The first-order valence-electron chi connectivity index (χ1n) is 4.48. The standard InChI is InChI=1S/C10H6F3NO3/c11-5-1-2-8-6(3-5)7(9(15)16)4-14(8)17-10(12)13/h1-4,10H,(H,15,16). The fourth-order valence-electron chi connectivity index (χ4n) is 1.52. The topological polar surface area (TPSA) is 51.5 Å². The molecule has 0 fully saturated rings. The van der Waals surface area contributed by atoms with Gasteiger partial charge in [0.15, 0.2) is 0 Å². The first kappa shape index (κ1) is 11.3. The number of rotatable bonds is 3. The first-order valence-corrected chi connectivity index (χ1v) is 4.48. The van der Waals surface area contributed by atoms with Crippen molar-refractivity contribution in [3.05, 3.63) is 35.8 Å². The molecule has 0 saturated carbocycles. The molecule has 1 aromatic carbocycles. The average molecular weight is 245 g/mol. The van der Waals surface area contributed by atoms with Crippen molar-refractivity contribution in [1.29, 1.82) is 0 Å². The van der Waals surface area contributed by atoms with Gasteiger partial charge in [0.25, 0.3) is 0 Å². The van der Waals surface area contributed by atoms with Crippen LogP contribution in [0.3, 0.4) is 0 Å². The van der Waals surface area contributed by atoms with Crippen LogP contribution in [0.4, 0.5) is 13.2 Å². The molecule has 0 unspecified atom stereocenters. The molecule has 1 N–H and O–H groups in total. The third-order valence-corrected chi connectivity index (χ3v) is 2.16. The number of halogens is 3. The van der Waals surface area contributed by atoms with Gasteiger partial charge in [-0.1, -0.05) is 0 Å². The van der Waals surface area contributed by atoms with Crippen LogP contribution in [-0.2, 0) is 0 Å². The maximum Gasteiger partial charge on any atom is 0.405 e. The molecular formula is C10H6F3NO3. The Labute approximate surface area is 92.8 Å². The molecule has 90 valence electrons. The summed E-state index contributed by atoms with van der Waals surface area (Å²) in [6.45, 7) is -3.10. The van der Waals surface area contributed by atoms with Crippen molar-refractivity contribution in [3.63, 3.8) is 0 Å².